The van der Waals surface area contributed by atoms with Crippen molar-refractivity contribution < 1.29 is 19.4 Å². The molecular formula is C23H25NO4. The molecule has 2 aromatic rings. The van der Waals surface area contributed by atoms with Gasteiger partial charge in [0.1, 0.15) is 17.4 Å². The number of esters is 1. The minimum atomic E-state index is -0.711. The smallest absolute Gasteiger partial charge is 0.349 e. The van der Waals surface area contributed by atoms with Crippen molar-refractivity contribution in [1.29, 1.82) is 5.26 Å². The first-order valence-electron chi connectivity index (χ1n) is 9.13. The molecule has 0 saturated carbocycles. The number of benzene rings is 2. The van der Waals surface area contributed by atoms with Gasteiger partial charge in [0.2, 0.25) is 0 Å². The minimum Gasteiger partial charge on any atom is -0.494 e. The molecule has 1 N–H and O–H groups in total. The molecule has 0 aromatic heterocycles. The second kappa shape index (κ2) is 9.72. The fourth-order valence-corrected chi connectivity index (χ4v) is 2.53. The Morgan fingerprint density at radius 3 is 2.21 bits per heavy atom. The van der Waals surface area contributed by atoms with E-state index in [0.717, 1.165) is 5.56 Å². The lowest BCUT2D eigenvalue weighted by Gasteiger charge is -2.21. The van der Waals surface area contributed by atoms with E-state index in [-0.39, 0.29) is 18.8 Å². The summed E-state index contributed by atoms with van der Waals surface area (Å²) in [6, 6.07) is 18.5. The van der Waals surface area contributed by atoms with Gasteiger partial charge in [0, 0.05) is 11.0 Å². The largest absolute Gasteiger partial charge is 0.494 e. The Hall–Kier alpha value is -3.10. The number of hydrogen-bond donors (Lipinski definition) is 1. The van der Waals surface area contributed by atoms with Crippen LogP contribution >= 0.6 is 0 Å². The monoisotopic (exact) mass is 379 g/mol. The van der Waals surface area contributed by atoms with E-state index in [1.807, 2.05) is 55.5 Å². The number of nitrogens with zero attached hydrogens (tertiary/aromatic N) is 1. The number of hydrogen-bond acceptors (Lipinski definition) is 5. The van der Waals surface area contributed by atoms with Crippen molar-refractivity contribution in [2.24, 2.45) is 5.41 Å². The number of carbonyl (C=O) groups is 1. The van der Waals surface area contributed by atoms with Crippen molar-refractivity contribution in [3.8, 4) is 11.8 Å². The Bertz CT molecular complexity index is 862. The molecular weight excluding hydrogens is 354 g/mol. The van der Waals surface area contributed by atoms with Gasteiger partial charge < -0.3 is 14.6 Å². The van der Waals surface area contributed by atoms with Crippen molar-refractivity contribution in [2.75, 3.05) is 19.8 Å². The van der Waals surface area contributed by atoms with Crippen LogP contribution in [0, 0.1) is 16.7 Å². The van der Waals surface area contributed by atoms with Crippen LogP contribution in [-0.2, 0) is 9.53 Å². The molecule has 0 fully saturated rings. The SMILES string of the molecule is CCOc1ccc(/C(=C(\C#N)C(=O)OCC(C)(C)CO)c2ccccc2)cc1. The highest BCUT2D eigenvalue weighted by Gasteiger charge is 2.24. The van der Waals surface area contributed by atoms with Crippen molar-refractivity contribution in [2.45, 2.75) is 20.8 Å². The van der Waals surface area contributed by atoms with Crippen molar-refractivity contribution >= 4 is 11.5 Å². The van der Waals surface area contributed by atoms with Gasteiger partial charge in [0.05, 0.1) is 19.8 Å². The third kappa shape index (κ3) is 5.45. The first-order valence-corrected chi connectivity index (χ1v) is 9.13. The van der Waals surface area contributed by atoms with Crippen LogP contribution in [0.3, 0.4) is 0 Å². The normalized spacial score (nSPS) is 12.0. The summed E-state index contributed by atoms with van der Waals surface area (Å²) < 4.78 is 10.8. The number of carbonyl (C=O) groups excluding carboxylic acids is 1. The lowest BCUT2D eigenvalue weighted by Crippen LogP contribution is -2.26. The van der Waals surface area contributed by atoms with E-state index in [4.69, 9.17) is 9.47 Å². The van der Waals surface area contributed by atoms with Gasteiger partial charge in [-0.2, -0.15) is 5.26 Å². The molecule has 0 aliphatic rings. The molecule has 5 nitrogen and oxygen atoms in total. The van der Waals surface area contributed by atoms with Crippen LogP contribution in [0.2, 0.25) is 0 Å². The van der Waals surface area contributed by atoms with Gasteiger partial charge in [-0.15, -0.1) is 0 Å². The number of rotatable bonds is 8. The molecule has 0 aliphatic heterocycles. The lowest BCUT2D eigenvalue weighted by molar-refractivity contribution is -0.142. The zero-order valence-corrected chi connectivity index (χ0v) is 16.4. The van der Waals surface area contributed by atoms with Gasteiger partial charge >= 0.3 is 5.97 Å². The molecule has 0 aliphatic carbocycles. The van der Waals surface area contributed by atoms with E-state index in [1.165, 1.54) is 0 Å². The first kappa shape index (κ1) is 21.2. The second-order valence-corrected chi connectivity index (χ2v) is 7.08. The van der Waals surface area contributed by atoms with Crippen LogP contribution in [-0.4, -0.2) is 30.9 Å². The van der Waals surface area contributed by atoms with E-state index >= 15 is 0 Å². The fourth-order valence-electron chi connectivity index (χ4n) is 2.53. The Kier molecular flexibility index (Phi) is 7.36. The van der Waals surface area contributed by atoms with Gasteiger partial charge in [-0.25, -0.2) is 4.79 Å². The quantitative estimate of drug-likeness (QED) is 0.426. The second-order valence-electron chi connectivity index (χ2n) is 7.08. The summed E-state index contributed by atoms with van der Waals surface area (Å²) in [4.78, 5) is 12.7. The average Bonchev–Trinajstić information content (AvgIpc) is 2.72. The third-order valence-electron chi connectivity index (χ3n) is 4.10. The summed E-state index contributed by atoms with van der Waals surface area (Å²) >= 11 is 0. The maximum atomic E-state index is 12.7. The molecule has 0 spiro atoms. The molecule has 146 valence electrons. The predicted octanol–water partition coefficient (Wildman–Crippen LogP) is 3.97. The summed E-state index contributed by atoms with van der Waals surface area (Å²) in [5, 5.41) is 19.1. The van der Waals surface area contributed by atoms with E-state index in [0.29, 0.717) is 23.5 Å². The highest BCUT2D eigenvalue weighted by atomic mass is 16.5. The Morgan fingerprint density at radius 2 is 1.68 bits per heavy atom. The molecule has 0 amide bonds. The van der Waals surface area contributed by atoms with Gasteiger partial charge in [-0.05, 0) is 30.2 Å². The molecule has 0 atom stereocenters. The molecule has 5 heteroatoms. The van der Waals surface area contributed by atoms with Crippen LogP contribution in [0.15, 0.2) is 60.2 Å². The van der Waals surface area contributed by atoms with E-state index in [9.17, 15) is 15.2 Å². The van der Waals surface area contributed by atoms with Crippen LogP contribution in [0.25, 0.3) is 5.57 Å². The molecule has 0 heterocycles. The van der Waals surface area contributed by atoms with Gasteiger partial charge in [0.25, 0.3) is 0 Å². The first-order chi connectivity index (χ1) is 13.4. The summed E-state index contributed by atoms with van der Waals surface area (Å²) in [7, 11) is 0. The average molecular weight is 379 g/mol. The zero-order valence-electron chi connectivity index (χ0n) is 16.4. The number of aliphatic hydroxyl groups is 1. The zero-order chi connectivity index (χ0) is 20.6. The van der Waals surface area contributed by atoms with E-state index < -0.39 is 11.4 Å². The number of aliphatic hydroxyl groups excluding tert-OH is 1. The predicted molar refractivity (Wildman–Crippen MR) is 108 cm³/mol. The highest BCUT2D eigenvalue weighted by molar-refractivity contribution is 6.05. The molecule has 0 saturated heterocycles. The Balaban J connectivity index is 2.49. The van der Waals surface area contributed by atoms with E-state index in [2.05, 4.69) is 0 Å². The van der Waals surface area contributed by atoms with Crippen molar-refractivity contribution in [3.63, 3.8) is 0 Å². The maximum Gasteiger partial charge on any atom is 0.349 e. The lowest BCUT2D eigenvalue weighted by atomic mass is 9.93. The highest BCUT2D eigenvalue weighted by Crippen LogP contribution is 2.29. The summed E-state index contributed by atoms with van der Waals surface area (Å²) in [5.41, 5.74) is 1.29. The van der Waals surface area contributed by atoms with Crippen molar-refractivity contribution in [1.82, 2.24) is 0 Å². The van der Waals surface area contributed by atoms with Crippen LogP contribution in [0.5, 0.6) is 5.75 Å². The molecule has 2 aromatic carbocycles. The standard InChI is InChI=1S/C23H25NO4/c1-4-27-19-12-10-18(11-13-19)21(17-8-6-5-7-9-17)20(14-24)22(26)28-16-23(2,3)15-25/h5-13,25H,4,15-16H2,1-3H3/b21-20+. The van der Waals surface area contributed by atoms with Crippen LogP contribution < -0.4 is 4.74 Å². The summed E-state index contributed by atoms with van der Waals surface area (Å²) in [6.07, 6.45) is 0. The molecule has 28 heavy (non-hydrogen) atoms. The minimum absolute atomic E-state index is 0.0128. The Morgan fingerprint density at radius 1 is 1.07 bits per heavy atom. The maximum absolute atomic E-state index is 12.7. The molecule has 2 rings (SSSR count). The third-order valence-corrected chi connectivity index (χ3v) is 4.10. The number of nitriles is 1. The fraction of sp³-hybridized carbons (Fsp3) is 0.304. The molecule has 0 radical (unpaired) electrons. The molecule has 0 bridgehead atoms. The summed E-state index contributed by atoms with van der Waals surface area (Å²) in [5.74, 6) is 0.00111. The topological polar surface area (TPSA) is 79.5 Å². The van der Waals surface area contributed by atoms with Gasteiger partial charge in [-0.3, -0.25) is 0 Å². The van der Waals surface area contributed by atoms with Crippen LogP contribution in [0.1, 0.15) is 31.9 Å². The summed E-state index contributed by atoms with van der Waals surface area (Å²) in [6.45, 7) is 5.90. The number of ether oxygens (including phenoxy) is 2. The Labute approximate surface area is 165 Å². The van der Waals surface area contributed by atoms with Crippen LogP contribution in [0.4, 0.5) is 0 Å². The van der Waals surface area contributed by atoms with Crippen molar-refractivity contribution in [3.05, 3.63) is 71.3 Å². The van der Waals surface area contributed by atoms with Gasteiger partial charge in [-0.1, -0.05) is 56.3 Å². The van der Waals surface area contributed by atoms with E-state index in [1.54, 1.807) is 26.0 Å². The van der Waals surface area contributed by atoms with Gasteiger partial charge in [0.15, 0.2) is 0 Å². The molecule has 0 unspecified atom stereocenters.